The predicted molar refractivity (Wildman–Crippen MR) is 385 cm³/mol. The first-order valence-corrected chi connectivity index (χ1v) is 38.7. The van der Waals surface area contributed by atoms with Crippen LogP contribution in [0, 0.1) is 0 Å². The van der Waals surface area contributed by atoms with Gasteiger partial charge in [0, 0.05) is 6.42 Å². The molecule has 0 aromatic heterocycles. The minimum atomic E-state index is -4.61. The number of aliphatic hydroxyl groups is 1. The zero-order chi connectivity index (χ0) is 64.1. The molecule has 0 radical (unpaired) electrons. The van der Waals surface area contributed by atoms with Crippen LogP contribution in [-0.4, -0.2) is 68.5 Å². The second-order valence-electron chi connectivity index (χ2n) is 26.3. The molecule has 0 rings (SSSR count). The van der Waals surface area contributed by atoms with Crippen LogP contribution >= 0.6 is 7.82 Å². The molecule has 0 bridgehead atoms. The highest BCUT2D eigenvalue weighted by molar-refractivity contribution is 7.45. The number of hydrogen-bond donors (Lipinski definition) is 2. The lowest BCUT2D eigenvalue weighted by atomic mass is 10.0. The molecule has 8 nitrogen and oxygen atoms in total. The largest absolute Gasteiger partial charge is 0.756 e. The summed E-state index contributed by atoms with van der Waals surface area (Å²) in [5.74, 6) is -0.197. The van der Waals surface area contributed by atoms with Crippen molar-refractivity contribution in [2.75, 3.05) is 40.9 Å². The van der Waals surface area contributed by atoms with Crippen LogP contribution in [0.15, 0.2) is 109 Å². The molecule has 0 heterocycles. The van der Waals surface area contributed by atoms with Crippen molar-refractivity contribution < 1.29 is 32.9 Å². The summed E-state index contributed by atoms with van der Waals surface area (Å²) in [6.45, 7) is 4.57. The highest BCUT2D eigenvalue weighted by Crippen LogP contribution is 2.38. The maximum absolute atomic E-state index is 13.1. The molecule has 0 saturated heterocycles. The fourth-order valence-electron chi connectivity index (χ4n) is 10.8. The van der Waals surface area contributed by atoms with Crippen LogP contribution in [-0.2, 0) is 18.4 Å². The van der Waals surface area contributed by atoms with Crippen LogP contribution < -0.4 is 10.2 Å². The van der Waals surface area contributed by atoms with E-state index >= 15 is 0 Å². The van der Waals surface area contributed by atoms with Crippen molar-refractivity contribution in [1.82, 2.24) is 5.32 Å². The molecule has 2 N–H and O–H groups in total. The van der Waals surface area contributed by atoms with Crippen LogP contribution in [0.4, 0.5) is 0 Å². The first-order chi connectivity index (χ1) is 43.0. The van der Waals surface area contributed by atoms with Gasteiger partial charge in [0.25, 0.3) is 7.82 Å². The van der Waals surface area contributed by atoms with Crippen LogP contribution in [0.2, 0.25) is 0 Å². The van der Waals surface area contributed by atoms with E-state index in [1.165, 1.54) is 225 Å². The van der Waals surface area contributed by atoms with E-state index in [9.17, 15) is 19.4 Å². The number of amides is 1. The van der Waals surface area contributed by atoms with Gasteiger partial charge in [0.1, 0.15) is 13.2 Å². The topological polar surface area (TPSA) is 108 Å². The van der Waals surface area contributed by atoms with Crippen molar-refractivity contribution in [2.24, 2.45) is 0 Å². The second-order valence-corrected chi connectivity index (χ2v) is 27.7. The van der Waals surface area contributed by atoms with Crippen molar-refractivity contribution in [3.8, 4) is 0 Å². The number of aliphatic hydroxyl groups excluding tert-OH is 1. The summed E-state index contributed by atoms with van der Waals surface area (Å²) in [5, 5.41) is 14.0. The summed E-state index contributed by atoms with van der Waals surface area (Å²) in [6.07, 6.45) is 101. The van der Waals surface area contributed by atoms with Crippen LogP contribution in [0.25, 0.3) is 0 Å². The smallest absolute Gasteiger partial charge is 0.268 e. The lowest BCUT2D eigenvalue weighted by molar-refractivity contribution is -0.870. The van der Waals surface area contributed by atoms with Gasteiger partial charge < -0.3 is 28.8 Å². The van der Waals surface area contributed by atoms with E-state index in [-0.39, 0.29) is 19.1 Å². The summed E-state index contributed by atoms with van der Waals surface area (Å²) in [6, 6.07) is -0.894. The van der Waals surface area contributed by atoms with E-state index in [0.29, 0.717) is 17.4 Å². The molecule has 0 aliphatic carbocycles. The Bertz CT molecular complexity index is 1810. The van der Waals surface area contributed by atoms with E-state index in [0.717, 1.165) is 89.9 Å². The first-order valence-electron chi connectivity index (χ1n) is 37.2. The molecular weight excluding hydrogens is 1100 g/mol. The summed E-state index contributed by atoms with van der Waals surface area (Å²) >= 11 is 0. The minimum Gasteiger partial charge on any atom is -0.756 e. The molecule has 0 aromatic rings. The summed E-state index contributed by atoms with van der Waals surface area (Å²) in [4.78, 5) is 25.7. The van der Waals surface area contributed by atoms with E-state index in [1.54, 1.807) is 6.08 Å². The highest BCUT2D eigenvalue weighted by Gasteiger charge is 2.23. The number of carbonyl (C=O) groups is 1. The fraction of sp³-hybridized carbons (Fsp3) is 0.759. The van der Waals surface area contributed by atoms with Gasteiger partial charge >= 0.3 is 0 Å². The zero-order valence-corrected chi connectivity index (χ0v) is 59.3. The number of unbranched alkanes of at least 4 members (excludes halogenated alkanes) is 39. The van der Waals surface area contributed by atoms with Gasteiger partial charge in [-0.15, -0.1) is 0 Å². The maximum Gasteiger partial charge on any atom is 0.268 e. The highest BCUT2D eigenvalue weighted by atomic mass is 31.2. The van der Waals surface area contributed by atoms with Gasteiger partial charge in [0.05, 0.1) is 39.9 Å². The van der Waals surface area contributed by atoms with Crippen molar-refractivity contribution in [2.45, 2.75) is 347 Å². The van der Waals surface area contributed by atoms with Gasteiger partial charge in [-0.2, -0.15) is 0 Å². The zero-order valence-electron chi connectivity index (χ0n) is 58.4. The molecule has 0 spiro atoms. The van der Waals surface area contributed by atoms with Gasteiger partial charge in [-0.25, -0.2) is 0 Å². The molecule has 0 fully saturated rings. The predicted octanol–water partition coefficient (Wildman–Crippen LogP) is 23.6. The molecule has 88 heavy (non-hydrogen) atoms. The minimum absolute atomic E-state index is 0.00380. The molecule has 3 atom stereocenters. The number of likely N-dealkylation sites (N-methyl/N-ethyl adjacent to an activating group) is 1. The Morgan fingerprint density at radius 2 is 0.693 bits per heavy atom. The van der Waals surface area contributed by atoms with Gasteiger partial charge in [-0.05, 0) is 83.5 Å². The van der Waals surface area contributed by atoms with Gasteiger partial charge in [-0.3, -0.25) is 9.36 Å². The van der Waals surface area contributed by atoms with Gasteiger partial charge in [0.15, 0.2) is 0 Å². The van der Waals surface area contributed by atoms with Crippen molar-refractivity contribution in [3.05, 3.63) is 109 Å². The molecule has 0 aliphatic heterocycles. The Kier molecular flexibility index (Phi) is 66.3. The Hall–Kier alpha value is -2.84. The molecule has 0 saturated carbocycles. The summed E-state index contributed by atoms with van der Waals surface area (Å²) in [7, 11) is 1.26. The van der Waals surface area contributed by atoms with Crippen LogP contribution in [0.1, 0.15) is 335 Å². The number of hydrogen-bond acceptors (Lipinski definition) is 6. The molecule has 0 aromatic carbocycles. The Labute approximate surface area is 546 Å². The van der Waals surface area contributed by atoms with E-state index in [1.807, 2.05) is 27.2 Å². The fourth-order valence-corrected chi connectivity index (χ4v) is 11.5. The maximum atomic E-state index is 13.1. The number of rotatable bonds is 68. The summed E-state index contributed by atoms with van der Waals surface area (Å²) in [5.41, 5.74) is 0. The van der Waals surface area contributed by atoms with Crippen molar-refractivity contribution in [3.63, 3.8) is 0 Å². The lowest BCUT2D eigenvalue weighted by Gasteiger charge is -2.29. The third-order valence-corrected chi connectivity index (χ3v) is 17.5. The second kappa shape index (κ2) is 68.5. The number of nitrogens with zero attached hydrogens (tertiary/aromatic N) is 1. The Balaban J connectivity index is 4.05. The first kappa shape index (κ1) is 85.2. The Morgan fingerprint density at radius 1 is 0.409 bits per heavy atom. The number of nitrogens with one attached hydrogen (secondary N) is 1. The van der Waals surface area contributed by atoms with E-state index in [4.69, 9.17) is 9.05 Å². The number of carbonyl (C=O) groups excluding carboxylic acids is 1. The van der Waals surface area contributed by atoms with Crippen LogP contribution in [0.5, 0.6) is 0 Å². The number of allylic oxidation sites excluding steroid dienone is 17. The molecule has 510 valence electrons. The average Bonchev–Trinajstić information content (AvgIpc) is 3.70. The monoisotopic (exact) mass is 1250 g/mol. The number of phosphoric ester groups is 1. The number of quaternary nitrogens is 1. The quantitative estimate of drug-likeness (QED) is 0.0272. The van der Waals surface area contributed by atoms with Gasteiger partial charge in [0.2, 0.25) is 5.91 Å². The Morgan fingerprint density at radius 3 is 1.01 bits per heavy atom. The van der Waals surface area contributed by atoms with Crippen molar-refractivity contribution >= 4 is 13.7 Å². The molecule has 1 amide bonds. The summed E-state index contributed by atoms with van der Waals surface area (Å²) < 4.78 is 23.5. The molecule has 3 unspecified atom stereocenters. The van der Waals surface area contributed by atoms with Gasteiger partial charge in [-0.1, -0.05) is 354 Å². The van der Waals surface area contributed by atoms with E-state index in [2.05, 4.69) is 116 Å². The average molecular weight is 1250 g/mol. The third-order valence-electron chi connectivity index (χ3n) is 16.5. The lowest BCUT2D eigenvalue weighted by Crippen LogP contribution is -2.45. The molecule has 0 aliphatic rings. The standard InChI is InChI=1S/C79H143N2O6P/c1-6-8-10-12-14-16-18-20-22-24-26-28-30-32-34-35-36-37-38-39-40-41-42-43-44-45-47-49-51-53-55-57-59-61-63-65-67-69-71-73-79(83)80-77(76-87-88(84,85)86-75-74-81(3,4)5)78(82)72-70-68-66-64-62-60-58-56-54-52-50-48-46-33-31-29-27-25-23-21-19-17-15-13-11-9-7-2/h8,10,14,16,20,22,26,28,32,34,36-37,39-40,42-43,70,72,77-78,82H,6-7,9,11-13,15,17-19,21,23-25,27,29-31,33,35,38,41,44-69,71,73-76H2,1-5H3,(H-,80,83,84,85)/b10-8-,16-14-,22-20-,28-26-,34-32-,37-36-,40-39-,43-42-,72-70+. The third kappa shape index (κ3) is 70.6. The molecular formula is C79H143N2O6P. The van der Waals surface area contributed by atoms with E-state index < -0.39 is 20.0 Å². The van der Waals surface area contributed by atoms with Crippen molar-refractivity contribution in [1.29, 1.82) is 0 Å². The normalized spacial score (nSPS) is 14.2. The van der Waals surface area contributed by atoms with Crippen LogP contribution in [0.3, 0.4) is 0 Å². The molecule has 9 heteroatoms. The number of phosphoric acid groups is 1. The SMILES string of the molecule is CC/C=C\C/C=C\C/C=C\C/C=C\C/C=C\C/C=C\C/C=C\C/C=C\CCCCCCCCCCCCCCCCC(=O)NC(COP(=O)([O-])OCC[N+](C)(C)C)C(O)/C=C/CCCCCCCCCCCCCCCCCCCCCCCCCCC.